The van der Waals surface area contributed by atoms with Gasteiger partial charge in [-0.3, -0.25) is 4.99 Å². The highest BCUT2D eigenvalue weighted by molar-refractivity contribution is 14.0. The summed E-state index contributed by atoms with van der Waals surface area (Å²) in [6.45, 7) is 2.94. The fraction of sp³-hybridized carbons (Fsp3) is 0.476. The number of hydrogen-bond donors (Lipinski definition) is 2. The second-order valence-electron chi connectivity index (χ2n) is 7.57. The predicted molar refractivity (Wildman–Crippen MR) is 127 cm³/mol. The molecular formula is C21H28FIN4S. The first kappa shape index (κ1) is 21.4. The Morgan fingerprint density at radius 3 is 2.64 bits per heavy atom. The molecular weight excluding hydrogens is 486 g/mol. The van der Waals surface area contributed by atoms with Crippen LogP contribution in [0.2, 0.25) is 0 Å². The summed E-state index contributed by atoms with van der Waals surface area (Å²) in [5.41, 5.74) is 1.15. The molecule has 28 heavy (non-hydrogen) atoms. The Kier molecular flexibility index (Phi) is 7.20. The Hall–Kier alpha value is -1.35. The first-order valence-electron chi connectivity index (χ1n) is 9.70. The molecule has 4 rings (SSSR count). The van der Waals surface area contributed by atoms with E-state index in [9.17, 15) is 4.39 Å². The molecule has 4 nitrogen and oxygen atoms in total. The van der Waals surface area contributed by atoms with Gasteiger partial charge in [-0.15, -0.1) is 35.3 Å². The van der Waals surface area contributed by atoms with Gasteiger partial charge in [0.25, 0.3) is 0 Å². The maximum atomic E-state index is 13.6. The topological polar surface area (TPSA) is 39.7 Å². The van der Waals surface area contributed by atoms with Gasteiger partial charge in [0.05, 0.1) is 5.00 Å². The van der Waals surface area contributed by atoms with Gasteiger partial charge in [-0.1, -0.05) is 12.1 Å². The zero-order chi connectivity index (χ0) is 18.7. The van der Waals surface area contributed by atoms with E-state index in [1.807, 2.05) is 24.5 Å². The van der Waals surface area contributed by atoms with E-state index in [-0.39, 0.29) is 35.2 Å². The molecule has 2 aromatic rings. The van der Waals surface area contributed by atoms with Gasteiger partial charge in [-0.25, -0.2) is 4.39 Å². The summed E-state index contributed by atoms with van der Waals surface area (Å²) in [6, 6.07) is 11.8. The highest BCUT2D eigenvalue weighted by Crippen LogP contribution is 2.47. The van der Waals surface area contributed by atoms with E-state index < -0.39 is 0 Å². The molecule has 1 aliphatic carbocycles. The van der Waals surface area contributed by atoms with E-state index in [4.69, 9.17) is 0 Å². The third-order valence-electron chi connectivity index (χ3n) is 5.76. The van der Waals surface area contributed by atoms with Crippen molar-refractivity contribution in [3.8, 4) is 0 Å². The molecule has 0 bridgehead atoms. The Bertz CT molecular complexity index is 783. The molecule has 0 amide bonds. The van der Waals surface area contributed by atoms with Crippen molar-refractivity contribution < 1.29 is 4.39 Å². The van der Waals surface area contributed by atoms with E-state index in [0.717, 1.165) is 56.8 Å². The predicted octanol–water partition coefficient (Wildman–Crippen LogP) is 4.37. The van der Waals surface area contributed by atoms with Crippen molar-refractivity contribution >= 4 is 46.3 Å². The van der Waals surface area contributed by atoms with Gasteiger partial charge in [0, 0.05) is 38.1 Å². The van der Waals surface area contributed by atoms with Crippen LogP contribution in [0.4, 0.5) is 9.39 Å². The number of thiophene rings is 1. The van der Waals surface area contributed by atoms with E-state index in [1.54, 1.807) is 12.1 Å². The number of piperidine rings is 1. The number of rotatable bonds is 5. The first-order valence-corrected chi connectivity index (χ1v) is 10.6. The third kappa shape index (κ3) is 4.97. The van der Waals surface area contributed by atoms with E-state index in [0.29, 0.717) is 6.04 Å². The maximum absolute atomic E-state index is 13.6. The highest BCUT2D eigenvalue weighted by Gasteiger charge is 2.44. The van der Waals surface area contributed by atoms with Crippen molar-refractivity contribution in [3.05, 3.63) is 53.2 Å². The SMILES string of the molecule is CN=C(NCC1(c2cccc(F)c2)CC1)NC1CCN(c2cccs2)CC1.I. The van der Waals surface area contributed by atoms with Crippen LogP contribution in [0.1, 0.15) is 31.2 Å². The molecule has 1 saturated heterocycles. The Morgan fingerprint density at radius 2 is 2.04 bits per heavy atom. The standard InChI is InChI=1S/C21H27FN4S.HI/c1-23-20(24-15-21(9-10-21)16-4-2-5-17(22)14-16)25-18-7-11-26(12-8-18)19-6-3-13-27-19;/h2-6,13-14,18H,7-12,15H2,1H3,(H2,23,24,25);1H. The smallest absolute Gasteiger partial charge is 0.191 e. The summed E-state index contributed by atoms with van der Waals surface area (Å²) >= 11 is 1.81. The minimum absolute atomic E-state index is 0. The second-order valence-corrected chi connectivity index (χ2v) is 8.50. The number of benzene rings is 1. The lowest BCUT2D eigenvalue weighted by molar-refractivity contribution is 0.461. The van der Waals surface area contributed by atoms with Crippen LogP contribution in [0.15, 0.2) is 46.8 Å². The molecule has 1 aliphatic heterocycles. The van der Waals surface area contributed by atoms with Crippen LogP contribution in [0.5, 0.6) is 0 Å². The Balaban J connectivity index is 0.00000225. The average Bonchev–Trinajstić information content (AvgIpc) is 3.29. The zero-order valence-electron chi connectivity index (χ0n) is 16.2. The monoisotopic (exact) mass is 514 g/mol. The van der Waals surface area contributed by atoms with Gasteiger partial charge in [0.1, 0.15) is 5.82 Å². The largest absolute Gasteiger partial charge is 0.363 e. The summed E-state index contributed by atoms with van der Waals surface area (Å²) < 4.78 is 13.6. The van der Waals surface area contributed by atoms with Gasteiger partial charge in [0.2, 0.25) is 0 Å². The number of anilines is 1. The molecule has 1 aromatic carbocycles. The Morgan fingerprint density at radius 1 is 1.25 bits per heavy atom. The molecule has 2 heterocycles. The second kappa shape index (κ2) is 9.43. The van der Waals surface area contributed by atoms with Crippen molar-refractivity contribution in [2.24, 2.45) is 4.99 Å². The van der Waals surface area contributed by atoms with E-state index in [1.165, 1.54) is 11.1 Å². The number of halogens is 2. The summed E-state index contributed by atoms with van der Waals surface area (Å²) in [5.74, 6) is 0.700. The average molecular weight is 514 g/mol. The lowest BCUT2D eigenvalue weighted by Crippen LogP contribution is -2.49. The van der Waals surface area contributed by atoms with Crippen LogP contribution in [-0.2, 0) is 5.41 Å². The highest BCUT2D eigenvalue weighted by atomic mass is 127. The number of hydrogen-bond acceptors (Lipinski definition) is 3. The summed E-state index contributed by atoms with van der Waals surface area (Å²) in [7, 11) is 1.82. The van der Waals surface area contributed by atoms with Gasteiger partial charge in [0.15, 0.2) is 5.96 Å². The molecule has 1 aromatic heterocycles. The van der Waals surface area contributed by atoms with Crippen molar-refractivity contribution in [1.29, 1.82) is 0 Å². The molecule has 0 unspecified atom stereocenters. The lowest BCUT2D eigenvalue weighted by Gasteiger charge is -2.33. The third-order valence-corrected chi connectivity index (χ3v) is 6.69. The quantitative estimate of drug-likeness (QED) is 0.354. The summed E-state index contributed by atoms with van der Waals surface area (Å²) in [5, 5.41) is 10.6. The van der Waals surface area contributed by atoms with E-state index in [2.05, 4.69) is 38.0 Å². The molecule has 2 N–H and O–H groups in total. The molecule has 0 spiro atoms. The van der Waals surface area contributed by atoms with Crippen LogP contribution >= 0.6 is 35.3 Å². The number of aliphatic imine (C=N–C) groups is 1. The number of guanidine groups is 1. The normalized spacial score (nSPS) is 19.1. The molecule has 0 radical (unpaired) electrons. The van der Waals surface area contributed by atoms with Gasteiger partial charge < -0.3 is 15.5 Å². The van der Waals surface area contributed by atoms with Crippen LogP contribution in [-0.4, -0.2) is 38.7 Å². The van der Waals surface area contributed by atoms with Gasteiger partial charge in [-0.2, -0.15) is 0 Å². The fourth-order valence-electron chi connectivity index (χ4n) is 3.87. The maximum Gasteiger partial charge on any atom is 0.191 e. The minimum Gasteiger partial charge on any atom is -0.363 e. The van der Waals surface area contributed by atoms with Crippen LogP contribution in [0.3, 0.4) is 0 Å². The van der Waals surface area contributed by atoms with Crippen LogP contribution < -0.4 is 15.5 Å². The van der Waals surface area contributed by atoms with Crippen molar-refractivity contribution in [3.63, 3.8) is 0 Å². The van der Waals surface area contributed by atoms with Crippen molar-refractivity contribution in [2.75, 3.05) is 31.6 Å². The fourth-order valence-corrected chi connectivity index (χ4v) is 4.66. The summed E-state index contributed by atoms with van der Waals surface area (Å²) in [4.78, 5) is 6.86. The number of nitrogens with zero attached hydrogens (tertiary/aromatic N) is 2. The molecule has 7 heteroatoms. The summed E-state index contributed by atoms with van der Waals surface area (Å²) in [6.07, 6.45) is 4.40. The molecule has 152 valence electrons. The van der Waals surface area contributed by atoms with E-state index >= 15 is 0 Å². The molecule has 2 aliphatic rings. The molecule has 1 saturated carbocycles. The van der Waals surface area contributed by atoms with Crippen molar-refractivity contribution in [2.45, 2.75) is 37.1 Å². The minimum atomic E-state index is -0.154. The van der Waals surface area contributed by atoms with Gasteiger partial charge in [-0.05, 0) is 60.9 Å². The zero-order valence-corrected chi connectivity index (χ0v) is 19.3. The lowest BCUT2D eigenvalue weighted by atomic mass is 9.96. The van der Waals surface area contributed by atoms with Gasteiger partial charge >= 0.3 is 0 Å². The number of nitrogens with one attached hydrogen (secondary N) is 2. The Labute approximate surface area is 187 Å². The molecule has 2 fully saturated rings. The van der Waals surface area contributed by atoms with Crippen LogP contribution in [0.25, 0.3) is 0 Å². The first-order chi connectivity index (χ1) is 13.2. The van der Waals surface area contributed by atoms with Crippen molar-refractivity contribution in [1.82, 2.24) is 10.6 Å². The van der Waals surface area contributed by atoms with Crippen LogP contribution in [0, 0.1) is 5.82 Å². The molecule has 0 atom stereocenters.